The van der Waals surface area contributed by atoms with Crippen molar-refractivity contribution in [2.24, 2.45) is 5.92 Å². The van der Waals surface area contributed by atoms with Gasteiger partial charge in [-0.15, -0.1) is 11.3 Å². The van der Waals surface area contributed by atoms with E-state index in [4.69, 9.17) is 4.98 Å². The molecule has 1 aliphatic rings. The molecule has 114 valence electrons. The number of rotatable bonds is 5. The number of nitrogens with zero attached hydrogens (tertiary/aromatic N) is 1. The lowest BCUT2D eigenvalue weighted by Crippen LogP contribution is -2.38. The molecule has 2 rings (SSSR count). The van der Waals surface area contributed by atoms with Crippen molar-refractivity contribution in [3.8, 4) is 0 Å². The summed E-state index contributed by atoms with van der Waals surface area (Å²) in [7, 11) is 0. The molecular formula is C17H30N2S. The first-order chi connectivity index (χ1) is 9.70. The average molecular weight is 295 g/mol. The molecule has 0 aromatic carbocycles. The van der Waals surface area contributed by atoms with Crippen molar-refractivity contribution in [2.75, 3.05) is 6.54 Å². The van der Waals surface area contributed by atoms with Crippen molar-refractivity contribution < 1.29 is 0 Å². The van der Waals surface area contributed by atoms with Crippen LogP contribution < -0.4 is 5.32 Å². The second-order valence-electron chi connectivity index (χ2n) is 6.22. The highest BCUT2D eigenvalue weighted by atomic mass is 32.1. The van der Waals surface area contributed by atoms with Crippen molar-refractivity contribution in [3.63, 3.8) is 0 Å². The molecule has 1 aromatic rings. The third-order valence-electron chi connectivity index (χ3n) is 4.65. The highest BCUT2D eigenvalue weighted by molar-refractivity contribution is 7.11. The number of nitrogens with one attached hydrogen (secondary N) is 1. The molecule has 1 aromatic heterocycles. The van der Waals surface area contributed by atoms with E-state index in [2.05, 4.69) is 26.1 Å². The molecule has 0 spiro atoms. The molecule has 0 saturated heterocycles. The average Bonchev–Trinajstić information content (AvgIpc) is 2.67. The molecule has 1 saturated carbocycles. The van der Waals surface area contributed by atoms with Crippen LogP contribution in [0.3, 0.4) is 0 Å². The predicted molar refractivity (Wildman–Crippen MR) is 88.6 cm³/mol. The number of hydrogen-bond acceptors (Lipinski definition) is 3. The van der Waals surface area contributed by atoms with Gasteiger partial charge in [0.2, 0.25) is 0 Å². The summed E-state index contributed by atoms with van der Waals surface area (Å²) < 4.78 is 0. The Bertz CT molecular complexity index is 372. The summed E-state index contributed by atoms with van der Waals surface area (Å²) in [5.41, 5.74) is 1.22. The maximum absolute atomic E-state index is 4.75. The Morgan fingerprint density at radius 3 is 2.35 bits per heavy atom. The first kappa shape index (κ1) is 16.0. The summed E-state index contributed by atoms with van der Waals surface area (Å²) in [6.07, 6.45) is 11.1. The van der Waals surface area contributed by atoms with E-state index in [0.29, 0.717) is 6.04 Å². The molecule has 0 radical (unpaired) electrons. The number of aryl methyl sites for hydroxylation is 2. The minimum atomic E-state index is 0.628. The lowest BCUT2D eigenvalue weighted by Gasteiger charge is -2.29. The number of hydrogen-bond donors (Lipinski definition) is 1. The molecule has 1 atom stereocenters. The molecular weight excluding hydrogens is 264 g/mol. The van der Waals surface area contributed by atoms with Crippen LogP contribution in [0.1, 0.15) is 67.4 Å². The molecule has 3 heteroatoms. The van der Waals surface area contributed by atoms with Crippen LogP contribution in [0.4, 0.5) is 0 Å². The zero-order valence-corrected chi connectivity index (χ0v) is 14.2. The molecule has 2 nitrogen and oxygen atoms in total. The van der Waals surface area contributed by atoms with E-state index >= 15 is 0 Å². The van der Waals surface area contributed by atoms with Gasteiger partial charge < -0.3 is 5.32 Å². The lowest BCUT2D eigenvalue weighted by atomic mass is 9.84. The summed E-state index contributed by atoms with van der Waals surface area (Å²) in [6, 6.07) is 0.628. The van der Waals surface area contributed by atoms with Gasteiger partial charge in [-0.3, -0.25) is 0 Å². The second kappa shape index (κ2) is 8.14. The zero-order chi connectivity index (χ0) is 14.4. The van der Waals surface area contributed by atoms with Gasteiger partial charge in [0.15, 0.2) is 0 Å². The minimum absolute atomic E-state index is 0.628. The fourth-order valence-electron chi connectivity index (χ4n) is 3.37. The standard InChI is InChI=1S/C17H30N2S/c1-4-18-16(12-17-19-13(2)14(3)20-17)15-10-8-6-5-7-9-11-15/h15-16,18H,4-12H2,1-3H3. The maximum atomic E-state index is 4.75. The lowest BCUT2D eigenvalue weighted by molar-refractivity contribution is 0.286. The van der Waals surface area contributed by atoms with Gasteiger partial charge in [0.1, 0.15) is 0 Å². The maximum Gasteiger partial charge on any atom is 0.0946 e. The molecule has 1 aliphatic carbocycles. The van der Waals surface area contributed by atoms with Crippen molar-refractivity contribution in [2.45, 2.75) is 78.2 Å². The first-order valence-corrected chi connectivity index (χ1v) is 9.18. The molecule has 0 amide bonds. The van der Waals surface area contributed by atoms with Gasteiger partial charge in [-0.1, -0.05) is 39.0 Å². The van der Waals surface area contributed by atoms with Crippen LogP contribution in [0.15, 0.2) is 0 Å². The van der Waals surface area contributed by atoms with E-state index in [-0.39, 0.29) is 0 Å². The van der Waals surface area contributed by atoms with E-state index in [1.54, 1.807) is 0 Å². The van der Waals surface area contributed by atoms with Gasteiger partial charge in [0, 0.05) is 17.3 Å². The van der Waals surface area contributed by atoms with Crippen molar-refractivity contribution in [1.29, 1.82) is 0 Å². The number of aromatic nitrogens is 1. The van der Waals surface area contributed by atoms with Crippen molar-refractivity contribution in [3.05, 3.63) is 15.6 Å². The molecule has 1 fully saturated rings. The van der Waals surface area contributed by atoms with Gasteiger partial charge in [-0.2, -0.15) is 0 Å². The first-order valence-electron chi connectivity index (χ1n) is 8.37. The Labute approximate surface area is 128 Å². The minimum Gasteiger partial charge on any atom is -0.314 e. The van der Waals surface area contributed by atoms with E-state index in [1.165, 1.54) is 60.5 Å². The SMILES string of the molecule is CCNC(Cc1nc(C)c(C)s1)C1CCCCCCC1. The number of thiazole rings is 1. The van der Waals surface area contributed by atoms with Crippen LogP contribution in [0.25, 0.3) is 0 Å². The van der Waals surface area contributed by atoms with Crippen molar-refractivity contribution in [1.82, 2.24) is 10.3 Å². The normalized spacial score (nSPS) is 19.6. The molecule has 20 heavy (non-hydrogen) atoms. The topological polar surface area (TPSA) is 24.9 Å². The summed E-state index contributed by atoms with van der Waals surface area (Å²) in [5.74, 6) is 0.847. The zero-order valence-electron chi connectivity index (χ0n) is 13.4. The van der Waals surface area contributed by atoms with E-state index in [0.717, 1.165) is 18.9 Å². The third-order valence-corrected chi connectivity index (χ3v) is 5.75. The Morgan fingerprint density at radius 2 is 1.80 bits per heavy atom. The highest BCUT2D eigenvalue weighted by Gasteiger charge is 2.23. The third kappa shape index (κ3) is 4.56. The van der Waals surface area contributed by atoms with Crippen LogP contribution in [0.2, 0.25) is 0 Å². The molecule has 1 unspecified atom stereocenters. The highest BCUT2D eigenvalue weighted by Crippen LogP contribution is 2.28. The van der Waals surface area contributed by atoms with Crippen LogP contribution in [0, 0.1) is 19.8 Å². The van der Waals surface area contributed by atoms with Gasteiger partial charge >= 0.3 is 0 Å². The molecule has 1 N–H and O–H groups in total. The van der Waals surface area contributed by atoms with Gasteiger partial charge in [0.25, 0.3) is 0 Å². The number of likely N-dealkylation sites (N-methyl/N-ethyl adjacent to an activating group) is 1. The van der Waals surface area contributed by atoms with E-state index in [9.17, 15) is 0 Å². The monoisotopic (exact) mass is 294 g/mol. The fourth-order valence-corrected chi connectivity index (χ4v) is 4.36. The van der Waals surface area contributed by atoms with Crippen molar-refractivity contribution >= 4 is 11.3 Å². The fraction of sp³-hybridized carbons (Fsp3) is 0.824. The van der Waals surface area contributed by atoms with Gasteiger partial charge in [-0.05, 0) is 39.2 Å². The largest absolute Gasteiger partial charge is 0.314 e. The van der Waals surface area contributed by atoms with E-state index < -0.39 is 0 Å². The van der Waals surface area contributed by atoms with Crippen LogP contribution in [-0.2, 0) is 6.42 Å². The quantitative estimate of drug-likeness (QED) is 0.855. The second-order valence-corrected chi connectivity index (χ2v) is 7.51. The smallest absolute Gasteiger partial charge is 0.0946 e. The van der Waals surface area contributed by atoms with Gasteiger partial charge in [-0.25, -0.2) is 4.98 Å². The molecule has 0 bridgehead atoms. The molecule has 0 aliphatic heterocycles. The Kier molecular flexibility index (Phi) is 6.50. The van der Waals surface area contributed by atoms with Crippen LogP contribution in [0.5, 0.6) is 0 Å². The summed E-state index contributed by atoms with van der Waals surface area (Å²) >= 11 is 1.89. The predicted octanol–water partition coefficient (Wildman–Crippen LogP) is 4.64. The Morgan fingerprint density at radius 1 is 1.15 bits per heavy atom. The van der Waals surface area contributed by atoms with Crippen LogP contribution in [-0.4, -0.2) is 17.6 Å². The summed E-state index contributed by atoms with van der Waals surface area (Å²) in [5, 5.41) is 5.07. The van der Waals surface area contributed by atoms with Gasteiger partial charge in [0.05, 0.1) is 10.7 Å². The Balaban J connectivity index is 2.00. The molecule has 1 heterocycles. The van der Waals surface area contributed by atoms with Crippen LogP contribution >= 0.6 is 11.3 Å². The Hall–Kier alpha value is -0.410. The summed E-state index contributed by atoms with van der Waals surface area (Å²) in [6.45, 7) is 7.63. The summed E-state index contributed by atoms with van der Waals surface area (Å²) in [4.78, 5) is 6.13. The van der Waals surface area contributed by atoms with E-state index in [1.807, 2.05) is 11.3 Å².